The summed E-state index contributed by atoms with van der Waals surface area (Å²) >= 11 is 0. The molecule has 1 N–H and O–H groups in total. The predicted molar refractivity (Wildman–Crippen MR) is 96.9 cm³/mol. The first-order valence-corrected chi connectivity index (χ1v) is 8.25. The van der Waals surface area contributed by atoms with Crippen LogP contribution in [0.1, 0.15) is 5.56 Å². The average molecular weight is 357 g/mol. The number of rotatable bonds is 8. The van der Waals surface area contributed by atoms with Crippen molar-refractivity contribution in [2.45, 2.75) is 18.4 Å². The molecule has 26 heavy (non-hydrogen) atoms. The van der Waals surface area contributed by atoms with Crippen molar-refractivity contribution in [3.63, 3.8) is 0 Å². The molecule has 2 aliphatic heterocycles. The highest BCUT2D eigenvalue weighted by molar-refractivity contribution is 6.29. The fourth-order valence-corrected chi connectivity index (χ4v) is 3.22. The minimum atomic E-state index is -0.343. The summed E-state index contributed by atoms with van der Waals surface area (Å²) in [6.45, 7) is 4.31. The van der Waals surface area contributed by atoms with Crippen molar-refractivity contribution in [2.75, 3.05) is 13.2 Å². The number of nitrogens with one attached hydrogen (secondary N) is 1. The molecule has 1 unspecified atom stereocenters. The Morgan fingerprint density at radius 2 is 2.31 bits per heavy atom. The molecule has 2 amide bonds. The molecule has 2 atom stereocenters. The summed E-state index contributed by atoms with van der Waals surface area (Å²) in [6, 6.07) is -0.703. The molecule has 1 aromatic rings. The van der Waals surface area contributed by atoms with Gasteiger partial charge in [0.05, 0.1) is 13.2 Å². The van der Waals surface area contributed by atoms with E-state index in [9.17, 15) is 9.59 Å². The Hall–Kier alpha value is -2.88. The highest BCUT2D eigenvalue weighted by Crippen LogP contribution is 2.36. The SMILES string of the molecule is C=CCON1C(=O)N2CC1C(c1cnc(=O)n(C)c1)=C[C@H]2CBOC=N. The molecule has 0 radical (unpaired) electrons. The zero-order valence-corrected chi connectivity index (χ0v) is 14.5. The van der Waals surface area contributed by atoms with Gasteiger partial charge in [0, 0.05) is 31.0 Å². The van der Waals surface area contributed by atoms with E-state index >= 15 is 0 Å². The van der Waals surface area contributed by atoms with Gasteiger partial charge in [-0.2, -0.15) is 5.06 Å². The third-order valence-corrected chi connectivity index (χ3v) is 4.45. The lowest BCUT2D eigenvalue weighted by molar-refractivity contribution is -0.105. The third kappa shape index (κ3) is 3.27. The van der Waals surface area contributed by atoms with Crippen LogP contribution in [0.4, 0.5) is 4.79 Å². The molecular weight excluding hydrogens is 337 g/mol. The van der Waals surface area contributed by atoms with Crippen molar-refractivity contribution in [2.24, 2.45) is 7.05 Å². The monoisotopic (exact) mass is 357 g/mol. The third-order valence-electron chi connectivity index (χ3n) is 4.45. The molecule has 0 saturated carbocycles. The molecule has 1 aromatic heterocycles. The Kier molecular flexibility index (Phi) is 5.22. The van der Waals surface area contributed by atoms with Crippen LogP contribution < -0.4 is 5.69 Å². The maximum atomic E-state index is 12.7. The molecular formula is C16H20BN5O4. The number of urea groups is 1. The average Bonchev–Trinajstić information content (AvgIpc) is 2.90. The van der Waals surface area contributed by atoms with Gasteiger partial charge in [0.15, 0.2) is 0 Å². The van der Waals surface area contributed by atoms with Crippen molar-refractivity contribution in [1.29, 1.82) is 5.41 Å². The summed E-state index contributed by atoms with van der Waals surface area (Å²) in [5, 5.41) is 8.32. The molecule has 3 heterocycles. The number of hydrogen-bond donors (Lipinski definition) is 1. The van der Waals surface area contributed by atoms with Crippen LogP contribution >= 0.6 is 0 Å². The molecule has 2 bridgehead atoms. The van der Waals surface area contributed by atoms with Crippen LogP contribution in [0, 0.1) is 5.41 Å². The summed E-state index contributed by atoms with van der Waals surface area (Å²) in [5.41, 5.74) is 1.29. The number of nitrogens with zero attached hydrogens (tertiary/aromatic N) is 4. The lowest BCUT2D eigenvalue weighted by atomic mass is 9.84. The van der Waals surface area contributed by atoms with E-state index in [1.165, 1.54) is 15.8 Å². The van der Waals surface area contributed by atoms with Gasteiger partial charge in [-0.1, -0.05) is 12.2 Å². The van der Waals surface area contributed by atoms with E-state index in [0.717, 1.165) is 17.5 Å². The van der Waals surface area contributed by atoms with Gasteiger partial charge in [0.25, 0.3) is 0 Å². The van der Waals surface area contributed by atoms with Crippen molar-refractivity contribution < 1.29 is 14.3 Å². The topological polar surface area (TPSA) is 101 Å². The van der Waals surface area contributed by atoms with E-state index in [0.29, 0.717) is 20.3 Å². The van der Waals surface area contributed by atoms with Crippen molar-refractivity contribution in [3.05, 3.63) is 47.2 Å². The van der Waals surface area contributed by atoms with Crippen molar-refractivity contribution >= 4 is 25.5 Å². The van der Waals surface area contributed by atoms with E-state index in [1.807, 2.05) is 6.08 Å². The number of amides is 2. The van der Waals surface area contributed by atoms with Crippen molar-refractivity contribution in [1.82, 2.24) is 19.5 Å². The fraction of sp³-hybridized carbons (Fsp3) is 0.375. The van der Waals surface area contributed by atoms with E-state index in [2.05, 4.69) is 11.6 Å². The standard InChI is InChI=1S/C16H20BN5O4/c1-3-4-26-22-14-9-21(16(22)24)12(6-17-25-10-18)5-13(14)11-7-19-15(23)20(2)8-11/h3,5,7-8,10,12,14,17-18H,1,4,6,9H2,2H3/t12-,14?/m0/s1. The number of aryl methyl sites for hydroxylation is 1. The Morgan fingerprint density at radius 1 is 1.50 bits per heavy atom. The van der Waals surface area contributed by atoms with Gasteiger partial charge in [-0.3, -0.25) is 10.2 Å². The zero-order valence-electron chi connectivity index (χ0n) is 14.5. The van der Waals surface area contributed by atoms with Gasteiger partial charge in [0.1, 0.15) is 12.4 Å². The Balaban J connectivity index is 1.96. The van der Waals surface area contributed by atoms with Gasteiger partial charge in [-0.15, -0.1) is 6.58 Å². The van der Waals surface area contributed by atoms with Crippen LogP contribution in [-0.4, -0.2) is 64.7 Å². The van der Waals surface area contributed by atoms with Crippen LogP contribution in [0.5, 0.6) is 0 Å². The van der Waals surface area contributed by atoms with Gasteiger partial charge >= 0.3 is 19.2 Å². The number of hydrogen-bond acceptors (Lipinski definition) is 6. The fourth-order valence-electron chi connectivity index (χ4n) is 3.22. The first-order chi connectivity index (χ1) is 12.6. The minimum Gasteiger partial charge on any atom is -0.557 e. The quantitative estimate of drug-likeness (QED) is 0.235. The molecule has 0 spiro atoms. The first-order valence-electron chi connectivity index (χ1n) is 8.25. The highest BCUT2D eigenvalue weighted by atomic mass is 16.7. The van der Waals surface area contributed by atoms with Gasteiger partial charge < -0.3 is 14.1 Å². The minimum absolute atomic E-state index is 0.191. The van der Waals surface area contributed by atoms with E-state index in [4.69, 9.17) is 14.9 Å². The molecule has 0 aromatic carbocycles. The lowest BCUT2D eigenvalue weighted by Gasteiger charge is -2.29. The number of carbonyl (C=O) groups is 1. The Bertz CT molecular complexity index is 808. The largest absolute Gasteiger partial charge is 0.557 e. The number of carbonyl (C=O) groups excluding carboxylic acids is 1. The van der Waals surface area contributed by atoms with Crippen molar-refractivity contribution in [3.8, 4) is 0 Å². The molecule has 0 aliphatic carbocycles. The molecule has 10 heteroatoms. The van der Waals surface area contributed by atoms with Crippen LogP contribution in [-0.2, 0) is 16.5 Å². The molecule has 1 fully saturated rings. The smallest absolute Gasteiger partial charge is 0.347 e. The van der Waals surface area contributed by atoms with Crippen LogP contribution in [0.3, 0.4) is 0 Å². The summed E-state index contributed by atoms with van der Waals surface area (Å²) in [6.07, 6.45) is 8.22. The number of aromatic nitrogens is 2. The Morgan fingerprint density at radius 3 is 3.00 bits per heavy atom. The maximum absolute atomic E-state index is 12.7. The summed E-state index contributed by atoms with van der Waals surface area (Å²) in [7, 11) is 1.96. The summed E-state index contributed by atoms with van der Waals surface area (Å²) in [4.78, 5) is 35.5. The maximum Gasteiger partial charge on any atom is 0.347 e. The summed E-state index contributed by atoms with van der Waals surface area (Å²) < 4.78 is 6.41. The van der Waals surface area contributed by atoms with Gasteiger partial charge in [-0.25, -0.2) is 14.6 Å². The van der Waals surface area contributed by atoms with E-state index in [1.54, 1.807) is 24.2 Å². The second-order valence-electron chi connectivity index (χ2n) is 6.06. The molecule has 1 saturated heterocycles. The highest BCUT2D eigenvalue weighted by Gasteiger charge is 2.46. The zero-order chi connectivity index (χ0) is 18.7. The number of fused-ring (bicyclic) bond motifs is 2. The molecule has 136 valence electrons. The predicted octanol–water partition coefficient (Wildman–Crippen LogP) is 0.163. The second kappa shape index (κ2) is 7.57. The van der Waals surface area contributed by atoms with E-state index in [-0.39, 0.29) is 30.4 Å². The van der Waals surface area contributed by atoms with Crippen LogP contribution in [0.15, 0.2) is 35.9 Å². The summed E-state index contributed by atoms with van der Waals surface area (Å²) in [5.74, 6) is 0. The van der Waals surface area contributed by atoms with Gasteiger partial charge in [0.2, 0.25) is 0 Å². The van der Waals surface area contributed by atoms with E-state index < -0.39 is 0 Å². The molecule has 2 aliphatic rings. The second-order valence-corrected chi connectivity index (χ2v) is 6.06. The Labute approximate surface area is 151 Å². The van der Waals surface area contributed by atoms with Crippen LogP contribution in [0.2, 0.25) is 6.32 Å². The van der Waals surface area contributed by atoms with Crippen LogP contribution in [0.25, 0.3) is 5.57 Å². The normalized spacial score (nSPS) is 21.4. The van der Waals surface area contributed by atoms with Gasteiger partial charge in [-0.05, 0) is 11.9 Å². The first kappa shape index (κ1) is 17.9. The number of hydroxylamine groups is 2. The molecule has 3 rings (SSSR count). The molecule has 9 nitrogen and oxygen atoms in total. The lowest BCUT2D eigenvalue weighted by Crippen LogP contribution is -2.39.